The number of benzene rings is 3. The summed E-state index contributed by atoms with van der Waals surface area (Å²) in [6, 6.07) is 18.5. The van der Waals surface area contributed by atoms with Gasteiger partial charge in [0.25, 0.3) is 5.91 Å². The number of nitrogens with two attached hydrogens (primary N) is 1. The Kier molecular flexibility index (Phi) is 5.55. The predicted molar refractivity (Wildman–Crippen MR) is 114 cm³/mol. The lowest BCUT2D eigenvalue weighted by Gasteiger charge is -2.31. The average molecular weight is 423 g/mol. The minimum atomic E-state index is -0.557. The van der Waals surface area contributed by atoms with Crippen molar-refractivity contribution < 1.29 is 14.0 Å². The summed E-state index contributed by atoms with van der Waals surface area (Å²) in [4.78, 5) is 27.1. The molecule has 3 aromatic carbocycles. The first-order valence-corrected chi connectivity index (χ1v) is 10.0. The zero-order valence-corrected chi connectivity index (χ0v) is 16.9. The number of carbonyl (C=O) groups is 2. The Bertz CT molecular complexity index is 1120. The molecule has 2 amide bonds. The van der Waals surface area contributed by atoms with Crippen LogP contribution in [-0.2, 0) is 13.0 Å². The quantitative estimate of drug-likeness (QED) is 0.635. The molecule has 4 nitrogen and oxygen atoms in total. The van der Waals surface area contributed by atoms with Crippen molar-refractivity contribution >= 4 is 23.4 Å². The van der Waals surface area contributed by atoms with Gasteiger partial charge in [-0.25, -0.2) is 4.39 Å². The van der Waals surface area contributed by atoms with E-state index in [4.69, 9.17) is 17.3 Å². The van der Waals surface area contributed by atoms with Crippen molar-refractivity contribution in [2.75, 3.05) is 0 Å². The second-order valence-corrected chi connectivity index (χ2v) is 7.77. The van der Waals surface area contributed by atoms with Crippen molar-refractivity contribution in [3.63, 3.8) is 0 Å². The molecule has 4 rings (SSSR count). The molecule has 6 heteroatoms. The highest BCUT2D eigenvalue weighted by atomic mass is 35.5. The minimum Gasteiger partial charge on any atom is -0.366 e. The van der Waals surface area contributed by atoms with Crippen molar-refractivity contribution in [2.45, 2.75) is 25.4 Å². The molecular weight excluding hydrogens is 403 g/mol. The van der Waals surface area contributed by atoms with Crippen LogP contribution in [0.15, 0.2) is 66.7 Å². The number of rotatable bonds is 5. The van der Waals surface area contributed by atoms with Gasteiger partial charge in [0.2, 0.25) is 5.91 Å². The Morgan fingerprint density at radius 1 is 1.07 bits per heavy atom. The van der Waals surface area contributed by atoms with E-state index < -0.39 is 5.91 Å². The first-order chi connectivity index (χ1) is 14.5. The summed E-state index contributed by atoms with van der Waals surface area (Å²) >= 11 is 6.12. The maximum absolute atomic E-state index is 14.5. The van der Waals surface area contributed by atoms with E-state index in [-0.39, 0.29) is 24.3 Å². The minimum absolute atomic E-state index is 0.172. The molecular formula is C24H20ClFN2O2. The number of halogens is 2. The van der Waals surface area contributed by atoms with Crippen molar-refractivity contribution in [3.8, 4) is 0 Å². The fraction of sp³-hybridized carbons (Fsp3) is 0.167. The lowest BCUT2D eigenvalue weighted by molar-refractivity contribution is 0.0656. The van der Waals surface area contributed by atoms with E-state index in [1.165, 1.54) is 6.07 Å². The van der Waals surface area contributed by atoms with Gasteiger partial charge in [-0.15, -0.1) is 0 Å². The Balaban J connectivity index is 1.79. The number of hydrogen-bond acceptors (Lipinski definition) is 2. The topological polar surface area (TPSA) is 63.4 Å². The number of fused-ring (bicyclic) bond motifs is 1. The summed E-state index contributed by atoms with van der Waals surface area (Å²) in [5.41, 5.74) is 8.35. The third-order valence-electron chi connectivity index (χ3n) is 5.50. The predicted octanol–water partition coefficient (Wildman–Crippen LogP) is 4.91. The fourth-order valence-corrected chi connectivity index (χ4v) is 4.31. The van der Waals surface area contributed by atoms with Crippen LogP contribution in [0.1, 0.15) is 49.9 Å². The third-order valence-corrected chi connectivity index (χ3v) is 5.72. The van der Waals surface area contributed by atoms with Crippen LogP contribution in [0.4, 0.5) is 4.39 Å². The molecule has 0 unspecified atom stereocenters. The van der Waals surface area contributed by atoms with Gasteiger partial charge in [0.05, 0.1) is 6.04 Å². The molecule has 30 heavy (non-hydrogen) atoms. The van der Waals surface area contributed by atoms with Crippen molar-refractivity contribution in [3.05, 3.63) is 105 Å². The maximum Gasteiger partial charge on any atom is 0.254 e. The second-order valence-electron chi connectivity index (χ2n) is 7.33. The highest BCUT2D eigenvalue weighted by Gasteiger charge is 2.34. The lowest BCUT2D eigenvalue weighted by atomic mass is 10.0. The molecule has 3 aromatic rings. The number of carbonyl (C=O) groups excluding carboxylic acids is 2. The molecule has 0 radical (unpaired) electrons. The van der Waals surface area contributed by atoms with Gasteiger partial charge in [-0.1, -0.05) is 48.0 Å². The normalized spacial score (nSPS) is 14.9. The SMILES string of the molecule is NC(=O)c1ccccc1CN(C(=O)c1ccccc1)[C@@H]1CCc2c(F)cc(Cl)cc21. The van der Waals surface area contributed by atoms with Crippen LogP contribution < -0.4 is 5.73 Å². The molecule has 1 aliphatic rings. The smallest absolute Gasteiger partial charge is 0.254 e. The Morgan fingerprint density at radius 3 is 2.50 bits per heavy atom. The Morgan fingerprint density at radius 2 is 1.77 bits per heavy atom. The molecule has 2 N–H and O–H groups in total. The first-order valence-electron chi connectivity index (χ1n) is 9.67. The van der Waals surface area contributed by atoms with Gasteiger partial charge in [-0.05, 0) is 59.9 Å². The van der Waals surface area contributed by atoms with E-state index in [0.717, 1.165) is 0 Å². The third kappa shape index (κ3) is 3.81. The Hall–Kier alpha value is -3.18. The summed E-state index contributed by atoms with van der Waals surface area (Å²) in [5.74, 6) is -1.11. The van der Waals surface area contributed by atoms with Crippen LogP contribution in [0.5, 0.6) is 0 Å². The molecule has 0 saturated heterocycles. The van der Waals surface area contributed by atoms with Crippen LogP contribution in [0, 0.1) is 5.82 Å². The summed E-state index contributed by atoms with van der Waals surface area (Å²) < 4.78 is 14.5. The van der Waals surface area contributed by atoms with Crippen LogP contribution in [0.25, 0.3) is 0 Å². The first kappa shape index (κ1) is 20.1. The van der Waals surface area contributed by atoms with E-state index in [1.54, 1.807) is 59.5 Å². The van der Waals surface area contributed by atoms with Crippen LogP contribution >= 0.6 is 11.6 Å². The summed E-state index contributed by atoms with van der Waals surface area (Å²) in [5, 5.41) is 0.294. The van der Waals surface area contributed by atoms with E-state index in [9.17, 15) is 14.0 Å². The molecule has 152 valence electrons. The van der Waals surface area contributed by atoms with Crippen molar-refractivity contribution in [2.24, 2.45) is 5.73 Å². The number of nitrogens with zero attached hydrogens (tertiary/aromatic N) is 1. The van der Waals surface area contributed by atoms with Gasteiger partial charge in [-0.3, -0.25) is 9.59 Å². The molecule has 0 bridgehead atoms. The second kappa shape index (κ2) is 8.28. The van der Waals surface area contributed by atoms with Crippen LogP contribution in [0.3, 0.4) is 0 Å². The summed E-state index contributed by atoms with van der Waals surface area (Å²) in [7, 11) is 0. The van der Waals surface area contributed by atoms with E-state index in [2.05, 4.69) is 0 Å². The van der Waals surface area contributed by atoms with E-state index in [1.807, 2.05) is 6.07 Å². The number of hydrogen-bond donors (Lipinski definition) is 1. The summed E-state index contributed by atoms with van der Waals surface area (Å²) in [6.07, 6.45) is 1.09. The average Bonchev–Trinajstić information content (AvgIpc) is 3.16. The van der Waals surface area contributed by atoms with Gasteiger partial charge >= 0.3 is 0 Å². The zero-order valence-electron chi connectivity index (χ0n) is 16.1. The molecule has 1 aliphatic carbocycles. The van der Waals surface area contributed by atoms with Crippen molar-refractivity contribution in [1.82, 2.24) is 4.90 Å². The zero-order chi connectivity index (χ0) is 21.3. The molecule has 1 atom stereocenters. The highest BCUT2D eigenvalue weighted by Crippen LogP contribution is 2.40. The Labute approximate surface area is 179 Å². The number of primary amides is 1. The molecule has 0 aromatic heterocycles. The van der Waals surface area contributed by atoms with Gasteiger partial charge in [0.1, 0.15) is 5.82 Å². The van der Waals surface area contributed by atoms with Gasteiger partial charge in [0, 0.05) is 22.7 Å². The van der Waals surface area contributed by atoms with Crippen LogP contribution in [-0.4, -0.2) is 16.7 Å². The fourth-order valence-electron chi connectivity index (χ4n) is 4.10. The largest absolute Gasteiger partial charge is 0.366 e. The van der Waals surface area contributed by atoms with Crippen LogP contribution in [0.2, 0.25) is 5.02 Å². The molecule has 0 spiro atoms. The van der Waals surface area contributed by atoms with Gasteiger partial charge in [0.15, 0.2) is 0 Å². The van der Waals surface area contributed by atoms with Crippen molar-refractivity contribution in [1.29, 1.82) is 0 Å². The summed E-state index contributed by atoms with van der Waals surface area (Å²) in [6.45, 7) is 0.172. The number of amides is 2. The van der Waals surface area contributed by atoms with E-state index >= 15 is 0 Å². The molecule has 0 aliphatic heterocycles. The van der Waals surface area contributed by atoms with Gasteiger partial charge in [-0.2, -0.15) is 0 Å². The van der Waals surface area contributed by atoms with Gasteiger partial charge < -0.3 is 10.6 Å². The monoisotopic (exact) mass is 422 g/mol. The van der Waals surface area contributed by atoms with E-state index in [0.29, 0.717) is 45.7 Å². The molecule has 0 saturated carbocycles. The molecule has 0 fully saturated rings. The maximum atomic E-state index is 14.5. The molecule has 0 heterocycles. The highest BCUT2D eigenvalue weighted by molar-refractivity contribution is 6.30. The standard InChI is InChI=1S/C24H20ClFN2O2/c25-17-12-20-19(21(26)13-17)10-11-22(20)28(24(30)15-6-2-1-3-7-15)14-16-8-4-5-9-18(16)23(27)29/h1-9,12-13,22H,10-11,14H2,(H2,27,29)/t22-/m1/s1. The lowest BCUT2D eigenvalue weighted by Crippen LogP contribution is -2.34.